The van der Waals surface area contributed by atoms with Gasteiger partial charge in [-0.3, -0.25) is 4.98 Å². The van der Waals surface area contributed by atoms with Crippen LogP contribution < -0.4 is 5.32 Å². The molecule has 0 aromatic carbocycles. The fourth-order valence-electron chi connectivity index (χ4n) is 1.58. The molecule has 0 unspecified atom stereocenters. The molecular weight excluding hydrogens is 296 g/mol. The summed E-state index contributed by atoms with van der Waals surface area (Å²) in [6.07, 6.45) is 3.63. The van der Waals surface area contributed by atoms with Crippen LogP contribution in [0.15, 0.2) is 40.4 Å². The van der Waals surface area contributed by atoms with Gasteiger partial charge in [0.05, 0.1) is 11.9 Å². The maximum Gasteiger partial charge on any atom is 0.0538 e. The molecule has 17 heavy (non-hydrogen) atoms. The molecule has 0 atom stereocenters. The third kappa shape index (κ3) is 3.30. The van der Waals surface area contributed by atoms with E-state index in [1.807, 2.05) is 12.3 Å². The lowest BCUT2D eigenvalue weighted by atomic mass is 9.91. The van der Waals surface area contributed by atoms with Gasteiger partial charge in [-0.25, -0.2) is 0 Å². The molecule has 2 heterocycles. The zero-order chi connectivity index (χ0) is 12.3. The number of pyridine rings is 1. The average molecular weight is 311 g/mol. The molecule has 2 rings (SSSR count). The number of halogens is 1. The van der Waals surface area contributed by atoms with Gasteiger partial charge < -0.3 is 5.32 Å². The Morgan fingerprint density at radius 2 is 2.24 bits per heavy atom. The Morgan fingerprint density at radius 3 is 2.88 bits per heavy atom. The fourth-order valence-corrected chi connectivity index (χ4v) is 2.80. The number of anilines is 1. The molecule has 2 aromatic heterocycles. The van der Waals surface area contributed by atoms with Gasteiger partial charge in [-0.05, 0) is 33.4 Å². The predicted molar refractivity (Wildman–Crippen MR) is 77.8 cm³/mol. The molecule has 0 fully saturated rings. The summed E-state index contributed by atoms with van der Waals surface area (Å²) in [4.78, 5) is 5.54. The average Bonchev–Trinajstić information content (AvgIpc) is 2.81. The van der Waals surface area contributed by atoms with Gasteiger partial charge in [0.25, 0.3) is 0 Å². The van der Waals surface area contributed by atoms with Crippen LogP contribution in [-0.4, -0.2) is 11.5 Å². The van der Waals surface area contributed by atoms with E-state index in [0.717, 1.165) is 16.7 Å². The summed E-state index contributed by atoms with van der Waals surface area (Å²) < 4.78 is 0.997. The fraction of sp³-hybridized carbons (Fsp3) is 0.308. The van der Waals surface area contributed by atoms with Crippen molar-refractivity contribution >= 4 is 33.0 Å². The largest absolute Gasteiger partial charge is 0.383 e. The SMILES string of the molecule is CC(C)(CNc1cncc(Br)c1)c1cccs1. The maximum atomic E-state index is 4.14. The molecule has 1 N–H and O–H groups in total. The molecule has 0 bridgehead atoms. The first-order valence-electron chi connectivity index (χ1n) is 5.46. The summed E-state index contributed by atoms with van der Waals surface area (Å²) in [5.41, 5.74) is 1.18. The van der Waals surface area contributed by atoms with Crippen LogP contribution in [-0.2, 0) is 5.41 Å². The summed E-state index contributed by atoms with van der Waals surface area (Å²) in [5, 5.41) is 5.55. The third-order valence-corrected chi connectivity index (χ3v) is 4.30. The Balaban J connectivity index is 2.03. The lowest BCUT2D eigenvalue weighted by Crippen LogP contribution is -2.26. The molecule has 2 aromatic rings. The maximum absolute atomic E-state index is 4.14. The van der Waals surface area contributed by atoms with E-state index in [0.29, 0.717) is 0 Å². The normalized spacial score (nSPS) is 11.5. The van der Waals surface area contributed by atoms with Gasteiger partial charge in [0.2, 0.25) is 0 Å². The highest BCUT2D eigenvalue weighted by molar-refractivity contribution is 9.10. The number of aromatic nitrogens is 1. The number of nitrogens with zero attached hydrogens (tertiary/aromatic N) is 1. The van der Waals surface area contributed by atoms with E-state index in [4.69, 9.17) is 0 Å². The zero-order valence-corrected chi connectivity index (χ0v) is 12.3. The number of thiophene rings is 1. The molecule has 0 spiro atoms. The first kappa shape index (κ1) is 12.6. The minimum atomic E-state index is 0.135. The van der Waals surface area contributed by atoms with Gasteiger partial charge in [0.15, 0.2) is 0 Å². The van der Waals surface area contributed by atoms with Crippen LogP contribution in [0, 0.1) is 0 Å². The van der Waals surface area contributed by atoms with E-state index >= 15 is 0 Å². The number of hydrogen-bond acceptors (Lipinski definition) is 3. The second-order valence-electron chi connectivity index (χ2n) is 4.61. The van der Waals surface area contributed by atoms with Crippen molar-refractivity contribution in [2.24, 2.45) is 0 Å². The Hall–Kier alpha value is -0.870. The lowest BCUT2D eigenvalue weighted by Gasteiger charge is -2.24. The highest BCUT2D eigenvalue weighted by Crippen LogP contribution is 2.28. The second kappa shape index (κ2) is 5.19. The molecule has 0 aliphatic carbocycles. The van der Waals surface area contributed by atoms with Crippen LogP contribution in [0.25, 0.3) is 0 Å². The number of rotatable bonds is 4. The van der Waals surface area contributed by atoms with E-state index in [1.165, 1.54) is 4.88 Å². The first-order chi connectivity index (χ1) is 8.08. The van der Waals surface area contributed by atoms with Gasteiger partial charge in [-0.15, -0.1) is 11.3 Å². The van der Waals surface area contributed by atoms with Crippen molar-refractivity contribution in [1.82, 2.24) is 4.98 Å². The Bertz CT molecular complexity index is 480. The molecule has 0 radical (unpaired) electrons. The molecule has 90 valence electrons. The predicted octanol–water partition coefficient (Wildman–Crippen LogP) is 4.30. The summed E-state index contributed by atoms with van der Waals surface area (Å²) >= 11 is 5.22. The van der Waals surface area contributed by atoms with Crippen LogP contribution in [0.4, 0.5) is 5.69 Å². The highest BCUT2D eigenvalue weighted by atomic mass is 79.9. The monoisotopic (exact) mass is 310 g/mol. The quantitative estimate of drug-likeness (QED) is 0.911. The molecule has 0 aliphatic heterocycles. The van der Waals surface area contributed by atoms with Crippen molar-refractivity contribution in [3.8, 4) is 0 Å². The van der Waals surface area contributed by atoms with Crippen LogP contribution in [0.2, 0.25) is 0 Å². The Morgan fingerprint density at radius 1 is 1.41 bits per heavy atom. The molecule has 2 nitrogen and oxygen atoms in total. The van der Waals surface area contributed by atoms with Gasteiger partial charge >= 0.3 is 0 Å². The summed E-state index contributed by atoms with van der Waals surface area (Å²) in [6.45, 7) is 5.39. The van der Waals surface area contributed by atoms with Gasteiger partial charge in [-0.1, -0.05) is 19.9 Å². The molecule has 0 saturated heterocycles. The van der Waals surface area contributed by atoms with Crippen molar-refractivity contribution in [3.05, 3.63) is 45.3 Å². The van der Waals surface area contributed by atoms with E-state index in [-0.39, 0.29) is 5.41 Å². The topological polar surface area (TPSA) is 24.9 Å². The van der Waals surface area contributed by atoms with Crippen LogP contribution in [0.3, 0.4) is 0 Å². The van der Waals surface area contributed by atoms with E-state index in [1.54, 1.807) is 17.5 Å². The van der Waals surface area contributed by atoms with E-state index < -0.39 is 0 Å². The van der Waals surface area contributed by atoms with Gasteiger partial charge in [0.1, 0.15) is 0 Å². The zero-order valence-electron chi connectivity index (χ0n) is 9.90. The van der Waals surface area contributed by atoms with Crippen LogP contribution >= 0.6 is 27.3 Å². The number of hydrogen-bond donors (Lipinski definition) is 1. The minimum absolute atomic E-state index is 0.135. The number of nitrogens with one attached hydrogen (secondary N) is 1. The molecular formula is C13H15BrN2S. The van der Waals surface area contributed by atoms with Gasteiger partial charge in [-0.2, -0.15) is 0 Å². The Labute approximate surface area is 114 Å². The van der Waals surface area contributed by atoms with Crippen LogP contribution in [0.1, 0.15) is 18.7 Å². The molecule has 0 saturated carbocycles. The van der Waals surface area contributed by atoms with Crippen molar-refractivity contribution < 1.29 is 0 Å². The van der Waals surface area contributed by atoms with Crippen molar-refractivity contribution in [3.63, 3.8) is 0 Å². The second-order valence-corrected chi connectivity index (χ2v) is 6.47. The van der Waals surface area contributed by atoms with E-state index in [2.05, 4.69) is 57.6 Å². The van der Waals surface area contributed by atoms with Crippen LogP contribution in [0.5, 0.6) is 0 Å². The summed E-state index contributed by atoms with van der Waals surface area (Å²) in [6, 6.07) is 6.32. The molecule has 0 aliphatic rings. The van der Waals surface area contributed by atoms with Crippen molar-refractivity contribution in [2.75, 3.05) is 11.9 Å². The standard InChI is InChI=1S/C13H15BrN2S/c1-13(2,12-4-3-5-17-12)9-16-11-6-10(14)7-15-8-11/h3-8,16H,9H2,1-2H3. The molecule has 0 amide bonds. The summed E-state index contributed by atoms with van der Waals surface area (Å²) in [5.74, 6) is 0. The van der Waals surface area contributed by atoms with Crippen molar-refractivity contribution in [1.29, 1.82) is 0 Å². The lowest BCUT2D eigenvalue weighted by molar-refractivity contribution is 0.569. The first-order valence-corrected chi connectivity index (χ1v) is 7.14. The molecule has 4 heteroatoms. The van der Waals surface area contributed by atoms with Crippen molar-refractivity contribution in [2.45, 2.75) is 19.3 Å². The third-order valence-electron chi connectivity index (χ3n) is 2.63. The highest BCUT2D eigenvalue weighted by Gasteiger charge is 2.21. The van der Waals surface area contributed by atoms with Gasteiger partial charge in [0, 0.05) is 27.5 Å². The van der Waals surface area contributed by atoms with E-state index in [9.17, 15) is 0 Å². The summed E-state index contributed by atoms with van der Waals surface area (Å²) in [7, 11) is 0. The minimum Gasteiger partial charge on any atom is -0.383 e. The Kier molecular flexibility index (Phi) is 3.84. The smallest absolute Gasteiger partial charge is 0.0538 e.